The van der Waals surface area contributed by atoms with Gasteiger partial charge in [-0.25, -0.2) is 0 Å². The minimum Gasteiger partial charge on any atom is -0.489 e. The number of benzene rings is 3. The van der Waals surface area contributed by atoms with Crippen LogP contribution in [0.25, 0.3) is 0 Å². The molecule has 27 heavy (non-hydrogen) atoms. The van der Waals surface area contributed by atoms with E-state index in [2.05, 4.69) is 58.0 Å². The number of ether oxygens (including phenoxy) is 1. The lowest BCUT2D eigenvalue weighted by Gasteiger charge is -2.15. The van der Waals surface area contributed by atoms with Crippen LogP contribution in [-0.4, -0.2) is 6.21 Å². The summed E-state index contributed by atoms with van der Waals surface area (Å²) in [6.45, 7) is 9.19. The van der Waals surface area contributed by atoms with E-state index in [1.165, 1.54) is 22.3 Å². The van der Waals surface area contributed by atoms with Crippen molar-refractivity contribution in [1.29, 1.82) is 0 Å². The second kappa shape index (κ2) is 8.68. The molecule has 0 aliphatic carbocycles. The van der Waals surface area contributed by atoms with Crippen LogP contribution < -0.4 is 4.74 Å². The predicted octanol–water partition coefficient (Wildman–Crippen LogP) is 6.37. The smallest absolute Gasteiger partial charge is 0.120 e. The normalized spacial score (nSPS) is 12.3. The van der Waals surface area contributed by atoms with Crippen molar-refractivity contribution in [3.63, 3.8) is 0 Å². The quantitative estimate of drug-likeness (QED) is 0.470. The zero-order valence-electron chi connectivity index (χ0n) is 16.6. The summed E-state index contributed by atoms with van der Waals surface area (Å²) < 4.78 is 5.91. The molecule has 0 spiro atoms. The Morgan fingerprint density at radius 1 is 0.889 bits per heavy atom. The fraction of sp³-hybridized carbons (Fsp3) is 0.240. The Bertz CT molecular complexity index is 905. The van der Waals surface area contributed by atoms with Crippen LogP contribution in [0.5, 0.6) is 5.75 Å². The third-order valence-electron chi connectivity index (χ3n) is 4.71. The number of hydrogen-bond acceptors (Lipinski definition) is 2. The molecular weight excluding hydrogens is 330 g/mol. The maximum absolute atomic E-state index is 5.91. The maximum Gasteiger partial charge on any atom is 0.120 e. The predicted molar refractivity (Wildman–Crippen MR) is 114 cm³/mol. The summed E-state index contributed by atoms with van der Waals surface area (Å²) in [5.41, 5.74) is 7.43. The van der Waals surface area contributed by atoms with Crippen molar-refractivity contribution in [3.8, 4) is 5.75 Å². The molecule has 0 saturated carbocycles. The summed E-state index contributed by atoms with van der Waals surface area (Å²) >= 11 is 0. The van der Waals surface area contributed by atoms with Crippen LogP contribution in [-0.2, 0) is 6.61 Å². The molecular formula is C25H27NO. The third kappa shape index (κ3) is 5.07. The van der Waals surface area contributed by atoms with E-state index in [1.54, 1.807) is 0 Å². The summed E-state index contributed by atoms with van der Waals surface area (Å²) in [4.78, 5) is 4.79. The van der Waals surface area contributed by atoms with Gasteiger partial charge in [-0.15, -0.1) is 0 Å². The number of aryl methyl sites for hydroxylation is 3. The van der Waals surface area contributed by atoms with Crippen molar-refractivity contribution in [1.82, 2.24) is 0 Å². The fourth-order valence-corrected chi connectivity index (χ4v) is 3.55. The van der Waals surface area contributed by atoms with Crippen molar-refractivity contribution in [2.45, 2.75) is 40.3 Å². The zero-order valence-corrected chi connectivity index (χ0v) is 16.6. The number of nitrogens with zero attached hydrogens (tertiary/aromatic N) is 1. The summed E-state index contributed by atoms with van der Waals surface area (Å²) in [5, 5.41) is 0. The molecule has 0 aromatic heterocycles. The Morgan fingerprint density at radius 2 is 1.59 bits per heavy atom. The molecule has 0 fully saturated rings. The van der Waals surface area contributed by atoms with E-state index in [9.17, 15) is 0 Å². The van der Waals surface area contributed by atoms with Crippen LogP contribution >= 0.6 is 0 Å². The van der Waals surface area contributed by atoms with E-state index in [4.69, 9.17) is 9.73 Å². The van der Waals surface area contributed by atoms with E-state index < -0.39 is 0 Å². The van der Waals surface area contributed by atoms with E-state index in [-0.39, 0.29) is 6.04 Å². The van der Waals surface area contributed by atoms with E-state index in [0.29, 0.717) is 6.61 Å². The van der Waals surface area contributed by atoms with Gasteiger partial charge in [0.2, 0.25) is 0 Å². The van der Waals surface area contributed by atoms with Gasteiger partial charge < -0.3 is 4.74 Å². The number of rotatable bonds is 6. The molecule has 0 saturated heterocycles. The summed E-state index contributed by atoms with van der Waals surface area (Å²) in [6.07, 6.45) is 1.94. The Balaban J connectivity index is 1.70. The van der Waals surface area contributed by atoms with E-state index >= 15 is 0 Å². The molecule has 2 nitrogen and oxygen atoms in total. The molecule has 2 heteroatoms. The van der Waals surface area contributed by atoms with Crippen molar-refractivity contribution in [2.24, 2.45) is 4.99 Å². The van der Waals surface area contributed by atoms with Gasteiger partial charge in [0.15, 0.2) is 0 Å². The molecule has 3 rings (SSSR count). The summed E-state index contributed by atoms with van der Waals surface area (Å²) in [5.74, 6) is 0.859. The Labute approximate surface area is 162 Å². The highest BCUT2D eigenvalue weighted by atomic mass is 16.5. The van der Waals surface area contributed by atoms with Gasteiger partial charge in [0.1, 0.15) is 12.4 Å². The Morgan fingerprint density at radius 3 is 2.30 bits per heavy atom. The molecule has 0 aliphatic heterocycles. The highest BCUT2D eigenvalue weighted by Gasteiger charge is 2.10. The van der Waals surface area contributed by atoms with Gasteiger partial charge in [-0.1, -0.05) is 60.2 Å². The van der Waals surface area contributed by atoms with E-state index in [0.717, 1.165) is 16.9 Å². The average molecular weight is 357 g/mol. The molecule has 1 atom stereocenters. The maximum atomic E-state index is 5.91. The van der Waals surface area contributed by atoms with Crippen molar-refractivity contribution in [3.05, 3.63) is 100 Å². The first-order valence-corrected chi connectivity index (χ1v) is 9.40. The van der Waals surface area contributed by atoms with Gasteiger partial charge in [-0.2, -0.15) is 0 Å². The van der Waals surface area contributed by atoms with Crippen LogP contribution in [0.4, 0.5) is 0 Å². The minimum atomic E-state index is 0.125. The first-order valence-electron chi connectivity index (χ1n) is 9.40. The van der Waals surface area contributed by atoms with Gasteiger partial charge in [-0.3, -0.25) is 4.99 Å². The first kappa shape index (κ1) is 18.9. The van der Waals surface area contributed by atoms with Crippen LogP contribution in [0.15, 0.2) is 71.7 Å². The lowest BCUT2D eigenvalue weighted by Crippen LogP contribution is -1.99. The zero-order chi connectivity index (χ0) is 19.2. The average Bonchev–Trinajstić information content (AvgIpc) is 2.65. The van der Waals surface area contributed by atoms with Crippen LogP contribution in [0, 0.1) is 20.8 Å². The second-order valence-corrected chi connectivity index (χ2v) is 7.11. The molecule has 1 unspecified atom stereocenters. The molecule has 0 bridgehead atoms. The fourth-order valence-electron chi connectivity index (χ4n) is 3.55. The molecule has 0 N–H and O–H groups in total. The molecule has 0 heterocycles. The minimum absolute atomic E-state index is 0.125. The van der Waals surface area contributed by atoms with Crippen molar-refractivity contribution >= 4 is 6.21 Å². The topological polar surface area (TPSA) is 21.6 Å². The molecule has 0 radical (unpaired) electrons. The lowest BCUT2D eigenvalue weighted by molar-refractivity contribution is 0.306. The van der Waals surface area contributed by atoms with Crippen LogP contribution in [0.3, 0.4) is 0 Å². The largest absolute Gasteiger partial charge is 0.489 e. The Hall–Kier alpha value is -2.87. The van der Waals surface area contributed by atoms with E-state index in [1.807, 2.05) is 42.6 Å². The first-order chi connectivity index (χ1) is 13.0. The van der Waals surface area contributed by atoms with Gasteiger partial charge >= 0.3 is 0 Å². The van der Waals surface area contributed by atoms with Crippen molar-refractivity contribution < 1.29 is 4.74 Å². The standard InChI is InChI=1S/C25H27NO/c1-18-13-19(2)25(20(3)14-18)21(4)26-16-23-11-8-12-24(15-23)27-17-22-9-6-5-7-10-22/h5-16,21H,17H2,1-4H3. The summed E-state index contributed by atoms with van der Waals surface area (Å²) in [7, 11) is 0. The molecule has 0 amide bonds. The van der Waals surface area contributed by atoms with Gasteiger partial charge in [0, 0.05) is 6.21 Å². The van der Waals surface area contributed by atoms with Gasteiger partial charge in [0.05, 0.1) is 6.04 Å². The summed E-state index contributed by atoms with van der Waals surface area (Å²) in [6, 6.07) is 22.9. The highest BCUT2D eigenvalue weighted by molar-refractivity contribution is 5.80. The lowest BCUT2D eigenvalue weighted by atomic mass is 9.95. The van der Waals surface area contributed by atoms with Gasteiger partial charge in [0.25, 0.3) is 0 Å². The van der Waals surface area contributed by atoms with Crippen molar-refractivity contribution in [2.75, 3.05) is 0 Å². The molecule has 0 aliphatic rings. The molecule has 3 aromatic rings. The Kier molecular flexibility index (Phi) is 6.08. The van der Waals surface area contributed by atoms with Gasteiger partial charge in [-0.05, 0) is 67.6 Å². The third-order valence-corrected chi connectivity index (χ3v) is 4.71. The monoisotopic (exact) mass is 357 g/mol. The van der Waals surface area contributed by atoms with Crippen LogP contribution in [0.2, 0.25) is 0 Å². The highest BCUT2D eigenvalue weighted by Crippen LogP contribution is 2.26. The molecule has 138 valence electrons. The molecule has 3 aromatic carbocycles. The number of hydrogen-bond donors (Lipinski definition) is 0. The van der Waals surface area contributed by atoms with Crippen LogP contribution in [0.1, 0.15) is 46.3 Å². The second-order valence-electron chi connectivity index (χ2n) is 7.11. The number of aliphatic imine (C=N–C) groups is 1. The SMILES string of the molecule is Cc1cc(C)c(C(C)N=Cc2cccc(OCc3ccccc3)c2)c(C)c1.